The first-order valence-electron chi connectivity index (χ1n) is 11.8. The lowest BCUT2D eigenvalue weighted by Crippen LogP contribution is -2.36. The number of aliphatic hydroxyl groups is 1. The van der Waals surface area contributed by atoms with E-state index in [1.807, 2.05) is 26.0 Å². The van der Waals surface area contributed by atoms with Crippen molar-refractivity contribution in [2.45, 2.75) is 46.0 Å². The van der Waals surface area contributed by atoms with E-state index < -0.39 is 12.1 Å². The predicted molar refractivity (Wildman–Crippen MR) is 142 cm³/mol. The number of hydrogen-bond donors (Lipinski definition) is 2. The van der Waals surface area contributed by atoms with E-state index in [2.05, 4.69) is 15.0 Å². The summed E-state index contributed by atoms with van der Waals surface area (Å²) in [5.41, 5.74) is 10.2. The van der Waals surface area contributed by atoms with Gasteiger partial charge in [-0.15, -0.1) is 0 Å². The Kier molecular flexibility index (Phi) is 7.04. The molecule has 4 heterocycles. The molecule has 9 nitrogen and oxygen atoms in total. The van der Waals surface area contributed by atoms with Crippen LogP contribution in [0.3, 0.4) is 0 Å². The number of halogens is 2. The van der Waals surface area contributed by atoms with Gasteiger partial charge in [0.1, 0.15) is 34.9 Å². The molecule has 11 heteroatoms. The fraction of sp³-hybridized carbons (Fsp3) is 0.308. The molecule has 0 saturated heterocycles. The third kappa shape index (κ3) is 5.00. The van der Waals surface area contributed by atoms with Crippen LogP contribution in [0.1, 0.15) is 29.6 Å². The third-order valence-electron chi connectivity index (χ3n) is 6.30. The molecule has 0 spiro atoms. The maximum Gasteiger partial charge on any atom is 0.163 e. The number of aliphatic hydroxyl groups excluding tert-OH is 1. The van der Waals surface area contributed by atoms with Crippen molar-refractivity contribution < 1.29 is 14.4 Å². The largest absolute Gasteiger partial charge is 0.491 e. The van der Waals surface area contributed by atoms with Crippen molar-refractivity contribution >= 4 is 29.0 Å². The van der Waals surface area contributed by atoms with Crippen molar-refractivity contribution in [1.82, 2.24) is 20.1 Å². The van der Waals surface area contributed by atoms with Crippen LogP contribution in [0.2, 0.25) is 10.0 Å². The molecule has 0 aliphatic carbocycles. The standard InChI is InChI=1S/C26H26Cl2N6O3/c1-13(29)21(35)12-36-17-6-7-19(27)18(9-17)25-31-24(22-14(2)33-37-15(22)3)23(28)26(32-25)34-10-16-5-4-8-30-20(16)11-34/h4-9,13,21,35H,10-12,29H2,1-3H3. The van der Waals surface area contributed by atoms with Crippen LogP contribution < -0.4 is 15.4 Å². The van der Waals surface area contributed by atoms with Gasteiger partial charge in [-0.05, 0) is 50.6 Å². The predicted octanol–water partition coefficient (Wildman–Crippen LogP) is 4.72. The molecule has 1 aliphatic heterocycles. The summed E-state index contributed by atoms with van der Waals surface area (Å²) in [7, 11) is 0. The van der Waals surface area contributed by atoms with Crippen molar-refractivity contribution in [1.29, 1.82) is 0 Å². The Bertz CT molecular complexity index is 1410. The topological polar surface area (TPSA) is 123 Å². The Hall–Kier alpha value is -3.24. The summed E-state index contributed by atoms with van der Waals surface area (Å²) < 4.78 is 11.2. The molecule has 1 aliphatic rings. The van der Waals surface area contributed by atoms with Gasteiger partial charge in [0.05, 0.1) is 28.5 Å². The fourth-order valence-corrected chi connectivity index (χ4v) is 4.70. The Morgan fingerprint density at radius 2 is 2.00 bits per heavy atom. The Morgan fingerprint density at radius 3 is 2.70 bits per heavy atom. The molecule has 0 radical (unpaired) electrons. The molecule has 4 aromatic rings. The van der Waals surface area contributed by atoms with Gasteiger partial charge in [-0.2, -0.15) is 0 Å². The average Bonchev–Trinajstić information content (AvgIpc) is 3.46. The number of hydrogen-bond acceptors (Lipinski definition) is 9. The Labute approximate surface area is 224 Å². The number of pyridine rings is 1. The summed E-state index contributed by atoms with van der Waals surface area (Å²) in [6, 6.07) is 8.69. The fourth-order valence-electron chi connectivity index (χ4n) is 4.20. The first-order valence-corrected chi connectivity index (χ1v) is 12.5. The maximum atomic E-state index is 10.0. The number of nitrogens with two attached hydrogens (primary N) is 1. The Balaban J connectivity index is 1.61. The zero-order valence-corrected chi connectivity index (χ0v) is 22.1. The summed E-state index contributed by atoms with van der Waals surface area (Å²) in [6.45, 7) is 6.56. The summed E-state index contributed by atoms with van der Waals surface area (Å²) in [5, 5.41) is 14.9. The number of fused-ring (bicyclic) bond motifs is 1. The SMILES string of the molecule is Cc1noc(C)c1-c1nc(-c2cc(OCC(O)C(C)N)ccc2Cl)nc(N2Cc3cccnc3C2)c1Cl. The summed E-state index contributed by atoms with van der Waals surface area (Å²) >= 11 is 13.6. The van der Waals surface area contributed by atoms with E-state index in [1.54, 1.807) is 31.3 Å². The van der Waals surface area contributed by atoms with Crippen molar-refractivity contribution in [3.8, 4) is 28.4 Å². The van der Waals surface area contributed by atoms with E-state index >= 15 is 0 Å². The van der Waals surface area contributed by atoms with Crippen LogP contribution >= 0.6 is 23.2 Å². The molecule has 192 valence electrons. The van der Waals surface area contributed by atoms with Gasteiger partial charge in [0.25, 0.3) is 0 Å². The molecule has 5 rings (SSSR count). The lowest BCUT2D eigenvalue weighted by Gasteiger charge is -2.21. The molecular weight excluding hydrogens is 515 g/mol. The van der Waals surface area contributed by atoms with Crippen LogP contribution in [0, 0.1) is 13.8 Å². The number of ether oxygens (including phenoxy) is 1. The molecule has 2 unspecified atom stereocenters. The second-order valence-corrected chi connectivity index (χ2v) is 9.86. The highest BCUT2D eigenvalue weighted by Gasteiger charge is 2.28. The highest BCUT2D eigenvalue weighted by atomic mass is 35.5. The minimum absolute atomic E-state index is 0.0365. The minimum atomic E-state index is -0.811. The lowest BCUT2D eigenvalue weighted by molar-refractivity contribution is 0.0901. The lowest BCUT2D eigenvalue weighted by atomic mass is 10.1. The van der Waals surface area contributed by atoms with Gasteiger partial charge < -0.3 is 25.0 Å². The molecule has 0 saturated carbocycles. The number of aryl methyl sites for hydroxylation is 2. The van der Waals surface area contributed by atoms with Crippen LogP contribution in [0.5, 0.6) is 5.75 Å². The molecule has 3 N–H and O–H groups in total. The minimum Gasteiger partial charge on any atom is -0.491 e. The van der Waals surface area contributed by atoms with Gasteiger partial charge in [0, 0.05) is 24.3 Å². The van der Waals surface area contributed by atoms with E-state index in [0.29, 0.717) is 68.8 Å². The maximum absolute atomic E-state index is 10.0. The highest BCUT2D eigenvalue weighted by Crippen LogP contribution is 2.41. The molecule has 0 bridgehead atoms. The van der Waals surface area contributed by atoms with Crippen LogP contribution in [0.4, 0.5) is 5.82 Å². The van der Waals surface area contributed by atoms with Crippen LogP contribution in [0.25, 0.3) is 22.6 Å². The second kappa shape index (κ2) is 10.3. The number of nitrogens with zero attached hydrogens (tertiary/aromatic N) is 5. The van der Waals surface area contributed by atoms with Crippen molar-refractivity contribution in [2.75, 3.05) is 11.5 Å². The molecule has 3 aromatic heterocycles. The molecule has 2 atom stereocenters. The first kappa shape index (κ1) is 25.4. The average molecular weight is 541 g/mol. The van der Waals surface area contributed by atoms with Crippen molar-refractivity contribution in [3.63, 3.8) is 0 Å². The van der Waals surface area contributed by atoms with E-state index in [-0.39, 0.29) is 6.61 Å². The third-order valence-corrected chi connectivity index (χ3v) is 6.97. The van der Waals surface area contributed by atoms with Crippen molar-refractivity contribution in [3.05, 3.63) is 69.3 Å². The normalized spacial score (nSPS) is 14.5. The molecular formula is C26H26Cl2N6O3. The van der Waals surface area contributed by atoms with Gasteiger partial charge in [-0.1, -0.05) is 34.4 Å². The first-order chi connectivity index (χ1) is 17.7. The quantitative estimate of drug-likeness (QED) is 0.342. The van der Waals surface area contributed by atoms with Gasteiger partial charge in [-0.3, -0.25) is 4.98 Å². The highest BCUT2D eigenvalue weighted by molar-refractivity contribution is 6.36. The van der Waals surface area contributed by atoms with E-state index in [4.69, 9.17) is 48.2 Å². The molecule has 1 aromatic carbocycles. The summed E-state index contributed by atoms with van der Waals surface area (Å²) in [4.78, 5) is 16.2. The van der Waals surface area contributed by atoms with Gasteiger partial charge >= 0.3 is 0 Å². The monoisotopic (exact) mass is 540 g/mol. The molecule has 37 heavy (non-hydrogen) atoms. The number of rotatable bonds is 7. The summed E-state index contributed by atoms with van der Waals surface area (Å²) in [6.07, 6.45) is 0.965. The number of aromatic nitrogens is 4. The Morgan fingerprint density at radius 1 is 1.19 bits per heavy atom. The van der Waals surface area contributed by atoms with Crippen LogP contribution in [-0.4, -0.2) is 44.0 Å². The van der Waals surface area contributed by atoms with E-state index in [9.17, 15) is 5.11 Å². The smallest absolute Gasteiger partial charge is 0.163 e. The zero-order valence-electron chi connectivity index (χ0n) is 20.6. The summed E-state index contributed by atoms with van der Waals surface area (Å²) in [5.74, 6) is 2.00. The van der Waals surface area contributed by atoms with Crippen LogP contribution in [0.15, 0.2) is 41.1 Å². The molecule has 0 fully saturated rings. The van der Waals surface area contributed by atoms with Gasteiger partial charge in [0.15, 0.2) is 11.6 Å². The zero-order chi connectivity index (χ0) is 26.3. The second-order valence-electron chi connectivity index (χ2n) is 9.08. The van der Waals surface area contributed by atoms with Crippen molar-refractivity contribution in [2.24, 2.45) is 5.73 Å². The number of anilines is 1. The van der Waals surface area contributed by atoms with E-state index in [0.717, 1.165) is 11.3 Å². The molecule has 0 amide bonds. The van der Waals surface area contributed by atoms with E-state index in [1.165, 1.54) is 0 Å². The number of benzene rings is 1. The van der Waals surface area contributed by atoms with Gasteiger partial charge in [0.2, 0.25) is 0 Å². The van der Waals surface area contributed by atoms with Gasteiger partial charge in [-0.25, -0.2) is 9.97 Å². The van der Waals surface area contributed by atoms with Crippen LogP contribution in [-0.2, 0) is 13.1 Å².